The number of hydrogen-bond acceptors (Lipinski definition) is 2. The predicted octanol–water partition coefficient (Wildman–Crippen LogP) is -0.187. The second-order valence-corrected chi connectivity index (χ2v) is 2.78. The Bertz CT molecular complexity index is 130. The van der Waals surface area contributed by atoms with Crippen molar-refractivity contribution in [1.29, 1.82) is 0 Å². The number of rotatable bonds is 2. The minimum Gasteiger partial charge on any atom is -0.341 e. The van der Waals surface area contributed by atoms with Gasteiger partial charge in [-0.15, -0.1) is 0 Å². The van der Waals surface area contributed by atoms with Crippen molar-refractivity contribution in [2.75, 3.05) is 19.6 Å². The first-order valence-electron chi connectivity index (χ1n) is 3.75. The molecule has 0 spiro atoms. The Morgan fingerprint density at radius 3 is 2.70 bits per heavy atom. The molecule has 3 heteroatoms. The summed E-state index contributed by atoms with van der Waals surface area (Å²) >= 11 is 0. The molecule has 58 valence electrons. The van der Waals surface area contributed by atoms with E-state index in [1.54, 1.807) is 0 Å². The van der Waals surface area contributed by atoms with E-state index in [0.717, 1.165) is 19.0 Å². The Morgan fingerprint density at radius 1 is 1.70 bits per heavy atom. The van der Waals surface area contributed by atoms with Gasteiger partial charge in [0, 0.05) is 13.1 Å². The smallest absolute Gasteiger partial charge is 0.236 e. The molecular formula is C7H14N2O. The summed E-state index contributed by atoms with van der Waals surface area (Å²) in [5.41, 5.74) is 5.18. The van der Waals surface area contributed by atoms with Crippen LogP contribution in [0.2, 0.25) is 0 Å². The molecule has 0 aliphatic carbocycles. The fourth-order valence-electron chi connectivity index (χ4n) is 1.16. The van der Waals surface area contributed by atoms with Crippen LogP contribution in [0.4, 0.5) is 0 Å². The standard InChI is InChI=1S/C7H14N2O/c1-2-6-4-9(5-6)7(10)3-8/h6H,2-5,8H2,1H3. The van der Waals surface area contributed by atoms with Gasteiger partial charge in [-0.25, -0.2) is 0 Å². The Hall–Kier alpha value is -0.570. The molecule has 1 aliphatic rings. The summed E-state index contributed by atoms with van der Waals surface area (Å²) in [6, 6.07) is 0. The van der Waals surface area contributed by atoms with E-state index >= 15 is 0 Å². The second-order valence-electron chi connectivity index (χ2n) is 2.78. The van der Waals surface area contributed by atoms with Crippen molar-refractivity contribution in [3.05, 3.63) is 0 Å². The Kier molecular flexibility index (Phi) is 2.27. The molecule has 0 bridgehead atoms. The maximum absolute atomic E-state index is 10.9. The van der Waals surface area contributed by atoms with Crippen LogP contribution in [0.5, 0.6) is 0 Å². The third-order valence-electron chi connectivity index (χ3n) is 2.06. The van der Waals surface area contributed by atoms with Crippen LogP contribution in [-0.4, -0.2) is 30.4 Å². The molecule has 0 unspecified atom stereocenters. The molecule has 1 rings (SSSR count). The van der Waals surface area contributed by atoms with Gasteiger partial charge in [-0.3, -0.25) is 4.79 Å². The molecule has 1 saturated heterocycles. The van der Waals surface area contributed by atoms with Crippen molar-refractivity contribution < 1.29 is 4.79 Å². The van der Waals surface area contributed by atoms with E-state index in [0.29, 0.717) is 0 Å². The molecule has 0 saturated carbocycles. The molecule has 0 aromatic heterocycles. The highest BCUT2D eigenvalue weighted by molar-refractivity contribution is 5.78. The van der Waals surface area contributed by atoms with E-state index in [9.17, 15) is 4.79 Å². The average Bonchev–Trinajstić information content (AvgIpc) is 1.85. The molecule has 0 aromatic rings. The number of amides is 1. The first-order valence-corrected chi connectivity index (χ1v) is 3.75. The van der Waals surface area contributed by atoms with E-state index in [4.69, 9.17) is 5.73 Å². The molecule has 1 amide bonds. The zero-order valence-corrected chi connectivity index (χ0v) is 6.34. The SMILES string of the molecule is CCC1CN(C(=O)CN)C1. The second kappa shape index (κ2) is 3.01. The highest BCUT2D eigenvalue weighted by Crippen LogP contribution is 2.17. The Morgan fingerprint density at radius 2 is 2.30 bits per heavy atom. The van der Waals surface area contributed by atoms with Gasteiger partial charge in [0.2, 0.25) is 5.91 Å². The molecule has 0 radical (unpaired) electrons. The summed E-state index contributed by atoms with van der Waals surface area (Å²) in [4.78, 5) is 12.7. The lowest BCUT2D eigenvalue weighted by molar-refractivity contribution is -0.135. The number of carbonyl (C=O) groups excluding carboxylic acids is 1. The maximum atomic E-state index is 10.9. The van der Waals surface area contributed by atoms with Crippen LogP contribution in [-0.2, 0) is 4.79 Å². The van der Waals surface area contributed by atoms with Crippen LogP contribution >= 0.6 is 0 Å². The molecule has 0 atom stereocenters. The van der Waals surface area contributed by atoms with Crippen LogP contribution in [0.1, 0.15) is 13.3 Å². The third-order valence-corrected chi connectivity index (χ3v) is 2.06. The van der Waals surface area contributed by atoms with Crippen molar-refractivity contribution in [2.24, 2.45) is 11.7 Å². The zero-order chi connectivity index (χ0) is 7.56. The summed E-state index contributed by atoms with van der Waals surface area (Å²) in [6.07, 6.45) is 1.17. The first-order chi connectivity index (χ1) is 4.77. The highest BCUT2D eigenvalue weighted by atomic mass is 16.2. The minimum absolute atomic E-state index is 0.0877. The van der Waals surface area contributed by atoms with Crippen molar-refractivity contribution in [1.82, 2.24) is 4.90 Å². The quantitative estimate of drug-likeness (QED) is 0.581. The van der Waals surface area contributed by atoms with Crippen molar-refractivity contribution >= 4 is 5.91 Å². The van der Waals surface area contributed by atoms with Gasteiger partial charge in [0.1, 0.15) is 0 Å². The van der Waals surface area contributed by atoms with Gasteiger partial charge < -0.3 is 10.6 Å². The van der Waals surface area contributed by atoms with Crippen LogP contribution in [0.25, 0.3) is 0 Å². The number of likely N-dealkylation sites (tertiary alicyclic amines) is 1. The molecule has 1 fully saturated rings. The lowest BCUT2D eigenvalue weighted by Gasteiger charge is -2.38. The topological polar surface area (TPSA) is 46.3 Å². The minimum atomic E-state index is 0.0877. The third kappa shape index (κ3) is 1.29. The molecule has 1 heterocycles. The lowest BCUT2D eigenvalue weighted by atomic mass is 9.97. The number of nitrogens with zero attached hydrogens (tertiary/aromatic N) is 1. The first kappa shape index (κ1) is 7.54. The van der Waals surface area contributed by atoms with Gasteiger partial charge in [0.25, 0.3) is 0 Å². The van der Waals surface area contributed by atoms with Gasteiger partial charge in [0.15, 0.2) is 0 Å². The lowest BCUT2D eigenvalue weighted by Crippen LogP contribution is -2.51. The zero-order valence-electron chi connectivity index (χ0n) is 6.34. The molecule has 3 nitrogen and oxygen atoms in total. The van der Waals surface area contributed by atoms with E-state index in [2.05, 4.69) is 6.92 Å². The average molecular weight is 142 g/mol. The van der Waals surface area contributed by atoms with Crippen molar-refractivity contribution in [3.63, 3.8) is 0 Å². The molecule has 1 aliphatic heterocycles. The van der Waals surface area contributed by atoms with Crippen LogP contribution in [0, 0.1) is 5.92 Å². The largest absolute Gasteiger partial charge is 0.341 e. The van der Waals surface area contributed by atoms with Gasteiger partial charge in [-0.2, -0.15) is 0 Å². The van der Waals surface area contributed by atoms with E-state index in [1.807, 2.05) is 4.90 Å². The van der Waals surface area contributed by atoms with E-state index in [1.165, 1.54) is 6.42 Å². The summed E-state index contributed by atoms with van der Waals surface area (Å²) in [5.74, 6) is 0.820. The van der Waals surface area contributed by atoms with Gasteiger partial charge in [0.05, 0.1) is 6.54 Å². The van der Waals surface area contributed by atoms with Crippen molar-refractivity contribution in [2.45, 2.75) is 13.3 Å². The molecular weight excluding hydrogens is 128 g/mol. The summed E-state index contributed by atoms with van der Waals surface area (Å²) in [6.45, 7) is 4.16. The molecule has 0 aromatic carbocycles. The van der Waals surface area contributed by atoms with Gasteiger partial charge in [-0.1, -0.05) is 6.92 Å². The Balaban J connectivity index is 2.19. The predicted molar refractivity (Wildman–Crippen MR) is 39.4 cm³/mol. The highest BCUT2D eigenvalue weighted by Gasteiger charge is 2.27. The van der Waals surface area contributed by atoms with Crippen molar-refractivity contribution in [3.8, 4) is 0 Å². The maximum Gasteiger partial charge on any atom is 0.236 e. The summed E-state index contributed by atoms with van der Waals surface area (Å²) in [7, 11) is 0. The van der Waals surface area contributed by atoms with Crippen LogP contribution in [0.15, 0.2) is 0 Å². The number of nitrogens with two attached hydrogens (primary N) is 1. The monoisotopic (exact) mass is 142 g/mol. The molecule has 2 N–H and O–H groups in total. The summed E-state index contributed by atoms with van der Waals surface area (Å²) in [5, 5.41) is 0. The van der Waals surface area contributed by atoms with E-state index in [-0.39, 0.29) is 12.5 Å². The summed E-state index contributed by atoms with van der Waals surface area (Å²) < 4.78 is 0. The fourth-order valence-corrected chi connectivity index (χ4v) is 1.16. The number of carbonyl (C=O) groups is 1. The van der Waals surface area contributed by atoms with Gasteiger partial charge >= 0.3 is 0 Å². The van der Waals surface area contributed by atoms with Crippen LogP contribution in [0.3, 0.4) is 0 Å². The number of hydrogen-bond donors (Lipinski definition) is 1. The van der Waals surface area contributed by atoms with Crippen LogP contribution < -0.4 is 5.73 Å². The van der Waals surface area contributed by atoms with E-state index < -0.39 is 0 Å². The Labute approximate surface area is 61.2 Å². The fraction of sp³-hybridized carbons (Fsp3) is 0.857. The normalized spacial score (nSPS) is 18.8. The van der Waals surface area contributed by atoms with Gasteiger partial charge in [-0.05, 0) is 12.3 Å². The molecule has 10 heavy (non-hydrogen) atoms.